The Morgan fingerprint density at radius 2 is 1.60 bits per heavy atom. The summed E-state index contributed by atoms with van der Waals surface area (Å²) in [6, 6.07) is -0.220. The van der Waals surface area contributed by atoms with E-state index in [2.05, 4.69) is 10.6 Å². The lowest BCUT2D eigenvalue weighted by molar-refractivity contribution is 0.0216. The number of amides is 2. The number of esters is 2. The summed E-state index contributed by atoms with van der Waals surface area (Å²) in [5, 5.41) is 6.08. The van der Waals surface area contributed by atoms with Crippen LogP contribution >= 0.6 is 11.3 Å². The van der Waals surface area contributed by atoms with Crippen LogP contribution in [0.3, 0.4) is 0 Å². The minimum atomic E-state index is -0.545. The van der Waals surface area contributed by atoms with Crippen molar-refractivity contribution in [2.24, 2.45) is 0 Å². The molecular formula is C22H32N2O5S. The van der Waals surface area contributed by atoms with Crippen LogP contribution in [0.25, 0.3) is 0 Å². The standard InChI is InChI=1S/C22H32N2O5S/c1-3-28-20(25)17-14(2)18(21(26)29-16-12-8-5-9-13-16)30-19(17)24-22(27)23-15-10-6-4-7-11-15/h15-16H,3-13H2,1-2H3,(H2,23,24,27). The fourth-order valence-electron chi connectivity index (χ4n) is 4.20. The van der Waals surface area contributed by atoms with Gasteiger partial charge in [0.1, 0.15) is 16.0 Å². The zero-order valence-corrected chi connectivity index (χ0v) is 18.7. The molecule has 2 N–H and O–H groups in total. The summed E-state index contributed by atoms with van der Waals surface area (Å²) in [5.41, 5.74) is 0.725. The highest BCUT2D eigenvalue weighted by Crippen LogP contribution is 2.35. The lowest BCUT2D eigenvalue weighted by Gasteiger charge is -2.22. The van der Waals surface area contributed by atoms with Crippen LogP contribution in [0.4, 0.5) is 9.80 Å². The molecule has 166 valence electrons. The van der Waals surface area contributed by atoms with Crippen molar-refractivity contribution in [3.63, 3.8) is 0 Å². The van der Waals surface area contributed by atoms with Gasteiger partial charge in [0.25, 0.3) is 0 Å². The van der Waals surface area contributed by atoms with E-state index in [1.165, 1.54) is 12.8 Å². The van der Waals surface area contributed by atoms with Gasteiger partial charge in [0.05, 0.1) is 12.2 Å². The number of carbonyl (C=O) groups excluding carboxylic acids is 3. The number of hydrogen-bond donors (Lipinski definition) is 2. The van der Waals surface area contributed by atoms with E-state index in [-0.39, 0.29) is 30.3 Å². The van der Waals surface area contributed by atoms with Crippen LogP contribution in [0.2, 0.25) is 0 Å². The molecule has 0 atom stereocenters. The largest absolute Gasteiger partial charge is 0.462 e. The second kappa shape index (κ2) is 10.8. The van der Waals surface area contributed by atoms with Crippen molar-refractivity contribution < 1.29 is 23.9 Å². The number of thiophene rings is 1. The van der Waals surface area contributed by atoms with E-state index in [0.29, 0.717) is 15.4 Å². The van der Waals surface area contributed by atoms with E-state index in [0.717, 1.165) is 62.7 Å². The summed E-state index contributed by atoms with van der Waals surface area (Å²) >= 11 is 1.08. The minimum absolute atomic E-state index is 0.0789. The third-order valence-corrected chi connectivity index (χ3v) is 6.99. The highest BCUT2D eigenvalue weighted by molar-refractivity contribution is 7.18. The fraction of sp³-hybridized carbons (Fsp3) is 0.682. The van der Waals surface area contributed by atoms with Crippen LogP contribution in [0, 0.1) is 6.92 Å². The summed E-state index contributed by atoms with van der Waals surface area (Å²) in [6.07, 6.45) is 10.3. The molecule has 0 radical (unpaired) electrons. The van der Waals surface area contributed by atoms with Crippen molar-refractivity contribution in [1.29, 1.82) is 0 Å². The summed E-state index contributed by atoms with van der Waals surface area (Å²) < 4.78 is 10.9. The van der Waals surface area contributed by atoms with Gasteiger partial charge in [0.15, 0.2) is 0 Å². The van der Waals surface area contributed by atoms with E-state index in [9.17, 15) is 14.4 Å². The van der Waals surface area contributed by atoms with Crippen molar-refractivity contribution in [2.75, 3.05) is 11.9 Å². The molecule has 3 rings (SSSR count). The van der Waals surface area contributed by atoms with Crippen LogP contribution < -0.4 is 10.6 Å². The van der Waals surface area contributed by atoms with E-state index < -0.39 is 11.9 Å². The molecule has 30 heavy (non-hydrogen) atoms. The van der Waals surface area contributed by atoms with Gasteiger partial charge in [0.2, 0.25) is 0 Å². The van der Waals surface area contributed by atoms with Gasteiger partial charge in [-0.1, -0.05) is 25.7 Å². The predicted octanol–water partition coefficient (Wildman–Crippen LogP) is 5.18. The molecule has 2 aliphatic rings. The zero-order chi connectivity index (χ0) is 21.5. The van der Waals surface area contributed by atoms with Crippen molar-refractivity contribution in [3.05, 3.63) is 16.0 Å². The Morgan fingerprint density at radius 1 is 0.967 bits per heavy atom. The number of ether oxygens (including phenoxy) is 2. The molecule has 1 heterocycles. The molecule has 8 heteroatoms. The topological polar surface area (TPSA) is 93.7 Å². The Hall–Kier alpha value is -2.09. The van der Waals surface area contributed by atoms with Crippen LogP contribution in [-0.4, -0.2) is 36.7 Å². The first-order chi connectivity index (χ1) is 14.5. The molecule has 0 spiro atoms. The molecule has 2 amide bonds. The average molecular weight is 437 g/mol. The molecule has 0 saturated heterocycles. The normalized spacial score (nSPS) is 17.9. The fourth-order valence-corrected chi connectivity index (χ4v) is 5.28. The SMILES string of the molecule is CCOC(=O)c1c(NC(=O)NC2CCCCC2)sc(C(=O)OC2CCCCC2)c1C. The quantitative estimate of drug-likeness (QED) is 0.600. The molecule has 2 aliphatic carbocycles. The number of hydrogen-bond acceptors (Lipinski definition) is 6. The average Bonchev–Trinajstić information content (AvgIpc) is 3.05. The number of anilines is 1. The Bertz CT molecular complexity index is 764. The number of carbonyl (C=O) groups is 3. The lowest BCUT2D eigenvalue weighted by atomic mass is 9.96. The smallest absolute Gasteiger partial charge is 0.348 e. The molecular weight excluding hydrogens is 404 g/mol. The monoisotopic (exact) mass is 436 g/mol. The molecule has 1 aromatic heterocycles. The van der Waals surface area contributed by atoms with Gasteiger partial charge in [-0.2, -0.15) is 0 Å². The second-order valence-corrected chi connectivity index (χ2v) is 9.10. The van der Waals surface area contributed by atoms with Gasteiger partial charge in [0, 0.05) is 6.04 Å². The molecule has 0 unspecified atom stereocenters. The van der Waals surface area contributed by atoms with Crippen molar-refractivity contribution in [3.8, 4) is 0 Å². The summed E-state index contributed by atoms with van der Waals surface area (Å²) in [4.78, 5) is 38.2. The van der Waals surface area contributed by atoms with Gasteiger partial charge in [-0.05, 0) is 57.9 Å². The van der Waals surface area contributed by atoms with E-state index in [4.69, 9.17) is 9.47 Å². The first kappa shape index (κ1) is 22.6. The Labute approximate surface area is 181 Å². The zero-order valence-electron chi connectivity index (χ0n) is 17.9. The Balaban J connectivity index is 1.76. The van der Waals surface area contributed by atoms with Crippen LogP contribution in [0.1, 0.15) is 96.7 Å². The predicted molar refractivity (Wildman–Crippen MR) is 116 cm³/mol. The van der Waals surface area contributed by atoms with Crippen molar-refractivity contribution >= 4 is 34.3 Å². The first-order valence-electron chi connectivity index (χ1n) is 11.1. The maximum absolute atomic E-state index is 12.8. The summed E-state index contributed by atoms with van der Waals surface area (Å²) in [7, 11) is 0. The Kier molecular flexibility index (Phi) is 8.13. The third-order valence-electron chi connectivity index (χ3n) is 5.81. The molecule has 0 aliphatic heterocycles. The van der Waals surface area contributed by atoms with Crippen molar-refractivity contribution in [2.45, 2.75) is 90.2 Å². The van der Waals surface area contributed by atoms with Crippen LogP contribution in [0.15, 0.2) is 0 Å². The van der Waals surface area contributed by atoms with E-state index >= 15 is 0 Å². The maximum Gasteiger partial charge on any atom is 0.348 e. The van der Waals surface area contributed by atoms with Gasteiger partial charge in [-0.15, -0.1) is 11.3 Å². The number of urea groups is 1. The molecule has 7 nitrogen and oxygen atoms in total. The molecule has 1 aromatic rings. The Morgan fingerprint density at radius 3 is 2.23 bits per heavy atom. The number of rotatable bonds is 6. The number of nitrogens with one attached hydrogen (secondary N) is 2. The maximum atomic E-state index is 12.8. The minimum Gasteiger partial charge on any atom is -0.462 e. The van der Waals surface area contributed by atoms with Gasteiger partial charge >= 0.3 is 18.0 Å². The van der Waals surface area contributed by atoms with Crippen LogP contribution in [0.5, 0.6) is 0 Å². The molecule has 2 saturated carbocycles. The first-order valence-corrected chi connectivity index (χ1v) is 11.9. The van der Waals surface area contributed by atoms with Crippen molar-refractivity contribution in [1.82, 2.24) is 5.32 Å². The summed E-state index contributed by atoms with van der Waals surface area (Å²) in [5.74, 6) is -0.980. The molecule has 0 bridgehead atoms. The molecule has 2 fully saturated rings. The highest BCUT2D eigenvalue weighted by atomic mass is 32.1. The van der Waals surface area contributed by atoms with E-state index in [1.54, 1.807) is 13.8 Å². The lowest BCUT2D eigenvalue weighted by Crippen LogP contribution is -2.39. The second-order valence-electron chi connectivity index (χ2n) is 8.08. The van der Waals surface area contributed by atoms with Gasteiger partial charge in [-0.3, -0.25) is 5.32 Å². The third kappa shape index (κ3) is 5.74. The van der Waals surface area contributed by atoms with Gasteiger partial charge in [-0.25, -0.2) is 14.4 Å². The van der Waals surface area contributed by atoms with Crippen LogP contribution in [-0.2, 0) is 9.47 Å². The summed E-state index contributed by atoms with van der Waals surface area (Å²) in [6.45, 7) is 3.63. The van der Waals surface area contributed by atoms with E-state index in [1.807, 2.05) is 0 Å². The highest BCUT2D eigenvalue weighted by Gasteiger charge is 2.29. The van der Waals surface area contributed by atoms with Gasteiger partial charge < -0.3 is 14.8 Å². The molecule has 0 aromatic carbocycles.